The van der Waals surface area contributed by atoms with E-state index in [4.69, 9.17) is 5.11 Å². The number of aromatic hydroxyl groups is 1. The summed E-state index contributed by atoms with van der Waals surface area (Å²) in [5, 5.41) is 15.9. The summed E-state index contributed by atoms with van der Waals surface area (Å²) in [6.07, 6.45) is 26.2. The zero-order chi connectivity index (χ0) is 83.8. The Kier molecular flexibility index (Phi) is 44.8. The van der Waals surface area contributed by atoms with Gasteiger partial charge in [-0.3, -0.25) is 0 Å². The van der Waals surface area contributed by atoms with Crippen molar-refractivity contribution < 1.29 is 5.11 Å². The molecule has 3 heteroatoms. The van der Waals surface area contributed by atoms with Gasteiger partial charge in [0, 0.05) is 29.0 Å². The van der Waals surface area contributed by atoms with Crippen LogP contribution in [-0.2, 0) is 51.4 Å². The van der Waals surface area contributed by atoms with E-state index in [2.05, 4.69) is 396 Å². The molecule has 11 aromatic carbocycles. The van der Waals surface area contributed by atoms with E-state index in [1.807, 2.05) is 24.4 Å². The summed E-state index contributed by atoms with van der Waals surface area (Å²) in [4.78, 5) is 6.46. The van der Waals surface area contributed by atoms with Crippen molar-refractivity contribution in [3.63, 3.8) is 0 Å². The van der Waals surface area contributed by atoms with Gasteiger partial charge in [-0.2, -0.15) is 0 Å². The van der Waals surface area contributed by atoms with Crippen LogP contribution in [0.1, 0.15) is 227 Å². The van der Waals surface area contributed by atoms with Crippen LogP contribution in [0, 0.1) is 59.2 Å². The smallest absolute Gasteiger partial charge is 0.115 e. The fraction of sp³-hybridized carbons (Fsp3) is 0.398. The molecule has 1 aliphatic rings. The Morgan fingerprint density at radius 1 is 0.284 bits per heavy atom. The van der Waals surface area contributed by atoms with Crippen LogP contribution in [0.4, 0.5) is 0 Å². The number of nitrogens with one attached hydrogen (secondary N) is 2. The van der Waals surface area contributed by atoms with Crippen molar-refractivity contribution in [2.75, 3.05) is 0 Å². The van der Waals surface area contributed by atoms with Crippen LogP contribution < -0.4 is 0 Å². The van der Waals surface area contributed by atoms with Crippen molar-refractivity contribution in [1.29, 1.82) is 0 Å². The van der Waals surface area contributed by atoms with Crippen LogP contribution in [0.2, 0.25) is 0 Å². The first-order valence-corrected chi connectivity index (χ1v) is 44.6. The molecule has 0 aliphatic heterocycles. The summed E-state index contributed by atoms with van der Waals surface area (Å²) in [5.41, 5.74) is 17.8. The highest BCUT2D eigenvalue weighted by molar-refractivity contribution is 5.86. The van der Waals surface area contributed by atoms with Crippen LogP contribution >= 0.6 is 0 Å². The van der Waals surface area contributed by atoms with E-state index in [1.165, 1.54) is 183 Å². The van der Waals surface area contributed by atoms with E-state index < -0.39 is 0 Å². The van der Waals surface area contributed by atoms with Crippen LogP contribution in [-0.4, -0.2) is 15.1 Å². The van der Waals surface area contributed by atoms with Gasteiger partial charge in [-0.15, -0.1) is 0 Å². The minimum absolute atomic E-state index is 0.350. The van der Waals surface area contributed by atoms with Crippen molar-refractivity contribution >= 4 is 32.4 Å². The highest BCUT2D eigenvalue weighted by Crippen LogP contribution is 2.30. The van der Waals surface area contributed by atoms with Gasteiger partial charge in [0.05, 0.1) is 0 Å². The maximum atomic E-state index is 9.03. The highest BCUT2D eigenvalue weighted by atomic mass is 16.3. The molecule has 1 saturated carbocycles. The van der Waals surface area contributed by atoms with Gasteiger partial charge in [0.2, 0.25) is 0 Å². The molecule has 2 heterocycles. The van der Waals surface area contributed by atoms with Crippen LogP contribution in [0.25, 0.3) is 54.7 Å². The molecule has 618 valence electrons. The topological polar surface area (TPSA) is 51.8 Å². The molecule has 1 fully saturated rings. The molecule has 0 atom stereocenters. The maximum Gasteiger partial charge on any atom is 0.115 e. The summed E-state index contributed by atoms with van der Waals surface area (Å²) < 4.78 is 0. The van der Waals surface area contributed by atoms with Gasteiger partial charge >= 0.3 is 0 Å². The van der Waals surface area contributed by atoms with E-state index in [1.54, 1.807) is 12.1 Å². The number of aromatic amines is 2. The number of hydrogen-bond acceptors (Lipinski definition) is 1. The molecule has 0 unspecified atom stereocenters. The molecule has 3 N–H and O–H groups in total. The second kappa shape index (κ2) is 54.5. The highest BCUT2D eigenvalue weighted by Gasteiger charge is 2.14. The number of para-hydroxylation sites is 1. The summed E-state index contributed by atoms with van der Waals surface area (Å²) in [7, 11) is 0. The van der Waals surface area contributed by atoms with Gasteiger partial charge in [-0.1, -0.05) is 412 Å². The number of aromatic nitrogens is 2. The molecule has 1 aliphatic carbocycles. The molecule has 0 spiro atoms. The van der Waals surface area contributed by atoms with Crippen molar-refractivity contribution in [3.05, 3.63) is 342 Å². The first-order valence-electron chi connectivity index (χ1n) is 44.6. The van der Waals surface area contributed by atoms with Gasteiger partial charge in [0.1, 0.15) is 5.75 Å². The predicted molar refractivity (Wildman–Crippen MR) is 514 cm³/mol. The Balaban J connectivity index is 0.000000204. The average molecular weight is 1550 g/mol. The van der Waals surface area contributed by atoms with Crippen molar-refractivity contribution in [2.24, 2.45) is 59.2 Å². The van der Waals surface area contributed by atoms with Gasteiger partial charge in [-0.05, 0) is 249 Å². The van der Waals surface area contributed by atoms with Crippen molar-refractivity contribution in [2.45, 2.75) is 234 Å². The minimum atomic E-state index is 0.350. The fourth-order valence-corrected chi connectivity index (χ4v) is 14.6. The Labute approximate surface area is 706 Å². The fourth-order valence-electron chi connectivity index (χ4n) is 14.6. The third kappa shape index (κ3) is 39.9. The molecule has 13 aromatic rings. The lowest BCUT2D eigenvalue weighted by molar-refractivity contribution is 0.305. The molecule has 2 aromatic heterocycles. The minimum Gasteiger partial charge on any atom is -0.508 e. The first-order chi connectivity index (χ1) is 55.8. The second-order valence-electron chi connectivity index (χ2n) is 36.1. The molecule has 3 nitrogen and oxygen atoms in total. The molecule has 0 bridgehead atoms. The van der Waals surface area contributed by atoms with E-state index >= 15 is 0 Å². The molecular weight excluding hydrogens is 1400 g/mol. The van der Waals surface area contributed by atoms with E-state index in [0.717, 1.165) is 84.9 Å². The summed E-state index contributed by atoms with van der Waals surface area (Å²) >= 11 is 0. The van der Waals surface area contributed by atoms with Crippen molar-refractivity contribution in [3.8, 4) is 28.0 Å². The largest absolute Gasteiger partial charge is 0.508 e. The molecule has 0 amide bonds. The third-order valence-corrected chi connectivity index (χ3v) is 20.7. The van der Waals surface area contributed by atoms with E-state index in [0.29, 0.717) is 5.75 Å². The zero-order valence-electron chi connectivity index (χ0n) is 75.0. The molecule has 116 heavy (non-hydrogen) atoms. The molecular formula is C113H150N2O. The van der Waals surface area contributed by atoms with Crippen LogP contribution in [0.15, 0.2) is 298 Å². The molecule has 0 saturated heterocycles. The number of phenolic OH excluding ortho intramolecular Hbond substituents is 1. The summed E-state index contributed by atoms with van der Waals surface area (Å²) in [6, 6.07) is 100. The number of aryl methyl sites for hydroxylation is 3. The molecule has 14 rings (SSSR count). The Morgan fingerprint density at radius 2 is 0.690 bits per heavy atom. The Bertz CT molecular complexity index is 4580. The molecule has 0 radical (unpaired) electrons. The second-order valence-corrected chi connectivity index (χ2v) is 36.1. The number of H-pyrrole nitrogens is 2. The van der Waals surface area contributed by atoms with Gasteiger partial charge in [-0.25, -0.2) is 0 Å². The number of fused-ring (bicyclic) bond motifs is 3. The Morgan fingerprint density at radius 3 is 1.18 bits per heavy atom. The number of rotatable bonds is 23. The van der Waals surface area contributed by atoms with Crippen LogP contribution in [0.5, 0.6) is 5.75 Å². The average Bonchev–Trinajstić information content (AvgIpc) is 1.49. The number of phenols is 1. The Hall–Kier alpha value is -9.44. The maximum absolute atomic E-state index is 9.03. The van der Waals surface area contributed by atoms with Gasteiger partial charge in [0.15, 0.2) is 0 Å². The van der Waals surface area contributed by atoms with E-state index in [9.17, 15) is 0 Å². The standard InChI is InChI=1S/C17H20.C16H18.2C14H16.C12H15N.C11H16O.C11H16.C10H20.C8H13N/c1-14(2)8-9-15-10-12-17(13-11-15)16-6-4-3-5-7-16;1-13(2)12-14-8-10-16(11-9-14)15-6-4-3-5-7-15;1-11(2)10-13-8-5-7-12-6-3-4-9-14(12)13;1-11(2)9-12-7-8-13-5-3-4-6-14(13)10-12;1-9(2)7-10-8-13-12-6-4-3-5-11(10)12;1-9(2)3-4-10-5-7-11(12)8-6-10;1-10(2)8-9-11-6-4-3-5-7-11;1-9(2)8-10-6-4-3-5-7-10;1-7(2)6-8-4-3-5-9-8/h3-7,10-14H,8-9H2,1-2H3;3-11,13H,12H2,1-2H3;3-9,11H,10H2,1-2H3;3-8,10-11H,9H2,1-2H3;3-6,8-9,13H,7H2,1-2H3;5-9,12H,3-4H2,1-2H3;3-7,10H,8-9H2,1-2H3;9-10H,3-8H2,1-2H3;3-5,7,9H,6H2,1-2H3. The lowest BCUT2D eigenvalue weighted by atomic mass is 9.84. The SMILES string of the molecule is CC(C)CC1CCCCC1.CC(C)CCc1ccc(-c2ccccc2)cc1.CC(C)CCc1ccc(O)cc1.CC(C)CCc1ccccc1.CC(C)Cc1c[nH]c2ccccc12.CC(C)Cc1ccc(-c2ccccc2)cc1.CC(C)Cc1ccc2ccccc2c1.CC(C)Cc1ccc[nH]1.CC(C)Cc1cccc2ccccc12. The number of hydrogen-bond donors (Lipinski definition) is 3. The van der Waals surface area contributed by atoms with Crippen LogP contribution in [0.3, 0.4) is 0 Å². The lowest BCUT2D eigenvalue weighted by Crippen LogP contribution is -2.08. The quantitative estimate of drug-likeness (QED) is 0.0587. The first kappa shape index (κ1) is 95.4. The van der Waals surface area contributed by atoms with E-state index in [-0.39, 0.29) is 0 Å². The monoisotopic (exact) mass is 1550 g/mol. The predicted octanol–water partition coefficient (Wildman–Crippen LogP) is 33.0. The van der Waals surface area contributed by atoms with Gasteiger partial charge < -0.3 is 15.1 Å². The summed E-state index contributed by atoms with van der Waals surface area (Å²) in [6.45, 7) is 40.7. The lowest BCUT2D eigenvalue weighted by Gasteiger charge is -2.22. The normalized spacial score (nSPS) is 11.8. The zero-order valence-corrected chi connectivity index (χ0v) is 75.0. The van der Waals surface area contributed by atoms with Crippen molar-refractivity contribution in [1.82, 2.24) is 9.97 Å². The van der Waals surface area contributed by atoms with Gasteiger partial charge in [0.25, 0.3) is 0 Å². The summed E-state index contributed by atoms with van der Waals surface area (Å²) in [5.74, 6) is 8.35. The third-order valence-electron chi connectivity index (χ3n) is 20.7. The number of benzene rings is 11.